The van der Waals surface area contributed by atoms with Gasteiger partial charge in [-0.3, -0.25) is 4.57 Å². The van der Waals surface area contributed by atoms with Crippen molar-refractivity contribution >= 4 is 13.4 Å². The Morgan fingerprint density at radius 3 is 2.62 bits per heavy atom. The molecule has 0 aromatic heterocycles. The lowest BCUT2D eigenvalue weighted by atomic mass is 9.75. The molecule has 0 spiro atoms. The number of rotatable bonds is 7. The van der Waals surface area contributed by atoms with Crippen molar-refractivity contribution in [2.45, 2.75) is 46.1 Å². The van der Waals surface area contributed by atoms with E-state index in [0.717, 1.165) is 18.4 Å². The summed E-state index contributed by atoms with van der Waals surface area (Å²) in [5.41, 5.74) is 1.06. The summed E-state index contributed by atoms with van der Waals surface area (Å²) in [6, 6.07) is 9.91. The maximum Gasteiger partial charge on any atom is 0.231 e. The third kappa shape index (κ3) is 5.58. The molecule has 3 nitrogen and oxygen atoms in total. The Labute approximate surface area is 146 Å². The molecule has 24 heavy (non-hydrogen) atoms. The van der Waals surface area contributed by atoms with Gasteiger partial charge in [0.25, 0.3) is 0 Å². The number of allylic oxidation sites excluding steroid dienone is 1. The monoisotopic (exact) mass is 350 g/mol. The lowest BCUT2D eigenvalue weighted by Gasteiger charge is -2.38. The summed E-state index contributed by atoms with van der Waals surface area (Å²) in [4.78, 5) is 0. The van der Waals surface area contributed by atoms with Crippen LogP contribution in [0.4, 0.5) is 0 Å². The highest BCUT2D eigenvalue weighted by Gasteiger charge is 2.36. The summed E-state index contributed by atoms with van der Waals surface area (Å²) in [5, 5.41) is 9.68. The van der Waals surface area contributed by atoms with Gasteiger partial charge in [-0.1, -0.05) is 69.7 Å². The summed E-state index contributed by atoms with van der Waals surface area (Å²) in [7, 11) is -3.04. The summed E-state index contributed by atoms with van der Waals surface area (Å²) in [6.45, 7) is 6.64. The molecule has 0 radical (unpaired) electrons. The average molecular weight is 350 g/mol. The number of hydrogen-bond acceptors (Lipinski definition) is 3. The molecule has 1 aliphatic rings. The molecule has 0 saturated heterocycles. The van der Waals surface area contributed by atoms with Crippen LogP contribution in [-0.4, -0.2) is 23.7 Å². The van der Waals surface area contributed by atoms with Crippen LogP contribution >= 0.6 is 7.37 Å². The Kier molecular flexibility index (Phi) is 7.28. The zero-order chi connectivity index (χ0) is 17.6. The van der Waals surface area contributed by atoms with Gasteiger partial charge in [0, 0.05) is 6.16 Å². The Bertz CT molecular complexity index is 568. The van der Waals surface area contributed by atoms with Gasteiger partial charge in [0.05, 0.1) is 6.10 Å². The quantitative estimate of drug-likeness (QED) is 0.669. The summed E-state index contributed by atoms with van der Waals surface area (Å²) in [6.07, 6.45) is 6.97. The molecular weight excluding hydrogens is 319 g/mol. The maximum atomic E-state index is 13.0. The molecule has 4 heteroatoms. The Morgan fingerprint density at radius 2 is 2.00 bits per heavy atom. The third-order valence-corrected chi connectivity index (χ3v) is 6.85. The molecule has 134 valence electrons. The molecule has 2 rings (SSSR count). The predicted molar refractivity (Wildman–Crippen MR) is 101 cm³/mol. The van der Waals surface area contributed by atoms with Gasteiger partial charge >= 0.3 is 0 Å². The van der Waals surface area contributed by atoms with Gasteiger partial charge in [-0.25, -0.2) is 0 Å². The van der Waals surface area contributed by atoms with Gasteiger partial charge in [-0.2, -0.15) is 0 Å². The molecule has 1 aromatic carbocycles. The Hall–Kier alpha value is -0.890. The van der Waals surface area contributed by atoms with Gasteiger partial charge in [-0.05, 0) is 36.2 Å². The molecule has 1 saturated carbocycles. The molecule has 4 atom stereocenters. The van der Waals surface area contributed by atoms with Crippen molar-refractivity contribution in [2.24, 2.45) is 17.8 Å². The molecule has 1 aliphatic carbocycles. The smallest absolute Gasteiger partial charge is 0.231 e. The lowest BCUT2D eigenvalue weighted by molar-refractivity contribution is 0.0456. The molecule has 1 fully saturated rings. The summed E-state index contributed by atoms with van der Waals surface area (Å²) >= 11 is 0. The maximum absolute atomic E-state index is 13.0. The molecule has 1 N–H and O–H groups in total. The SMILES string of the molecule is CC(C)[C@@H]1CC[C@@H](C)C[C@H]1O[P@](=O)(CO)C/C=C/c1ccccc1. The number of benzene rings is 1. The highest BCUT2D eigenvalue weighted by Crippen LogP contribution is 2.51. The minimum absolute atomic E-state index is 0.00291. The number of aliphatic hydroxyl groups is 1. The zero-order valence-electron chi connectivity index (χ0n) is 15.1. The molecule has 0 amide bonds. The van der Waals surface area contributed by atoms with Crippen molar-refractivity contribution in [3.63, 3.8) is 0 Å². The largest absolute Gasteiger partial charge is 0.386 e. The highest BCUT2D eigenvalue weighted by atomic mass is 31.2. The summed E-state index contributed by atoms with van der Waals surface area (Å²) < 4.78 is 19.1. The van der Waals surface area contributed by atoms with Gasteiger partial charge in [0.2, 0.25) is 7.37 Å². The van der Waals surface area contributed by atoms with Crippen molar-refractivity contribution in [1.29, 1.82) is 0 Å². The minimum Gasteiger partial charge on any atom is -0.386 e. The van der Waals surface area contributed by atoms with Crippen molar-refractivity contribution in [2.75, 3.05) is 12.5 Å². The topological polar surface area (TPSA) is 46.5 Å². The Balaban J connectivity index is 2.02. The predicted octanol–water partition coefficient (Wildman–Crippen LogP) is 5.41. The van der Waals surface area contributed by atoms with E-state index in [1.807, 2.05) is 42.5 Å². The number of hydrogen-bond donors (Lipinski definition) is 1. The molecule has 0 heterocycles. The van der Waals surface area contributed by atoms with Gasteiger partial charge in [-0.15, -0.1) is 0 Å². The fraction of sp³-hybridized carbons (Fsp3) is 0.600. The van der Waals surface area contributed by atoms with Crippen LogP contribution in [0.5, 0.6) is 0 Å². The van der Waals surface area contributed by atoms with Crippen LogP contribution in [0, 0.1) is 17.8 Å². The average Bonchev–Trinajstić information content (AvgIpc) is 2.55. The highest BCUT2D eigenvalue weighted by molar-refractivity contribution is 7.58. The van der Waals surface area contributed by atoms with E-state index in [0.29, 0.717) is 17.8 Å². The van der Waals surface area contributed by atoms with Gasteiger partial charge in [0.15, 0.2) is 0 Å². The van der Waals surface area contributed by atoms with Crippen molar-refractivity contribution in [3.8, 4) is 0 Å². The second-order valence-corrected chi connectivity index (χ2v) is 9.91. The van der Waals surface area contributed by atoms with E-state index < -0.39 is 7.37 Å². The van der Waals surface area contributed by atoms with Crippen molar-refractivity contribution in [1.82, 2.24) is 0 Å². The second kappa shape index (κ2) is 8.99. The van der Waals surface area contributed by atoms with Crippen LogP contribution in [0.2, 0.25) is 0 Å². The van der Waals surface area contributed by atoms with Crippen LogP contribution in [-0.2, 0) is 9.09 Å². The lowest BCUT2D eigenvalue weighted by Crippen LogP contribution is -2.34. The first-order chi connectivity index (χ1) is 11.4. The molecule has 1 aromatic rings. The van der Waals surface area contributed by atoms with Crippen LogP contribution < -0.4 is 0 Å². The molecule has 0 unspecified atom stereocenters. The van der Waals surface area contributed by atoms with Crippen LogP contribution in [0.25, 0.3) is 6.08 Å². The van der Waals surface area contributed by atoms with E-state index >= 15 is 0 Å². The van der Waals surface area contributed by atoms with Crippen molar-refractivity contribution in [3.05, 3.63) is 42.0 Å². The van der Waals surface area contributed by atoms with Crippen molar-refractivity contribution < 1.29 is 14.2 Å². The molecule has 0 aliphatic heterocycles. The first kappa shape index (κ1) is 19.4. The van der Waals surface area contributed by atoms with Crippen LogP contribution in [0.1, 0.15) is 45.6 Å². The Morgan fingerprint density at radius 1 is 1.29 bits per heavy atom. The normalized spacial score (nSPS) is 27.5. The van der Waals surface area contributed by atoms with E-state index in [9.17, 15) is 9.67 Å². The molecular formula is C20H31O3P. The van der Waals surface area contributed by atoms with E-state index in [2.05, 4.69) is 20.8 Å². The minimum atomic E-state index is -3.04. The van der Waals surface area contributed by atoms with Crippen LogP contribution in [0.3, 0.4) is 0 Å². The standard InChI is InChI=1S/C20H31O3P/c1-16(2)19-12-11-17(3)14-20(19)23-24(22,15-21)13-7-10-18-8-5-4-6-9-18/h4-10,16-17,19-21H,11-15H2,1-3H3/b10-7+/t17-,19+,20-,24+/m1/s1. The van der Waals surface area contributed by atoms with E-state index in [1.54, 1.807) is 0 Å². The number of aliphatic hydroxyl groups excluding tert-OH is 1. The second-order valence-electron chi connectivity index (χ2n) is 7.42. The first-order valence-electron chi connectivity index (χ1n) is 9.02. The third-order valence-electron chi connectivity index (χ3n) is 5.00. The zero-order valence-corrected chi connectivity index (χ0v) is 16.0. The van der Waals surface area contributed by atoms with E-state index in [4.69, 9.17) is 4.52 Å². The fourth-order valence-electron chi connectivity index (χ4n) is 3.53. The van der Waals surface area contributed by atoms with E-state index in [-0.39, 0.29) is 18.6 Å². The van der Waals surface area contributed by atoms with Gasteiger partial charge < -0.3 is 9.63 Å². The van der Waals surface area contributed by atoms with Crippen LogP contribution in [0.15, 0.2) is 36.4 Å². The molecule has 0 bridgehead atoms. The van der Waals surface area contributed by atoms with E-state index in [1.165, 1.54) is 6.42 Å². The summed E-state index contributed by atoms with van der Waals surface area (Å²) in [5.74, 6) is 1.53. The van der Waals surface area contributed by atoms with Gasteiger partial charge in [0.1, 0.15) is 6.35 Å². The fourth-order valence-corrected chi connectivity index (χ4v) is 4.96. The first-order valence-corrected chi connectivity index (χ1v) is 11.0.